The lowest BCUT2D eigenvalue weighted by atomic mass is 9.96. The van der Waals surface area contributed by atoms with Crippen molar-refractivity contribution in [1.82, 2.24) is 0 Å². The highest BCUT2D eigenvalue weighted by Gasteiger charge is 2.37. The molecule has 0 saturated heterocycles. The molecule has 0 bridgehead atoms. The SMILES string of the molecule is CCC(C)(OC)C(=O)N1CCCc2ccccc21. The lowest BCUT2D eigenvalue weighted by Crippen LogP contribution is -2.49. The molecule has 3 nitrogen and oxygen atoms in total. The Morgan fingerprint density at radius 3 is 2.83 bits per heavy atom. The number of carbonyl (C=O) groups is 1. The van der Waals surface area contributed by atoms with E-state index in [0.29, 0.717) is 6.42 Å². The number of carbonyl (C=O) groups excluding carboxylic acids is 1. The van der Waals surface area contributed by atoms with Gasteiger partial charge in [-0.05, 0) is 37.8 Å². The Kier molecular flexibility index (Phi) is 3.71. The van der Waals surface area contributed by atoms with Crippen molar-refractivity contribution in [3.05, 3.63) is 29.8 Å². The van der Waals surface area contributed by atoms with Crippen molar-refractivity contribution in [1.29, 1.82) is 0 Å². The largest absolute Gasteiger partial charge is 0.369 e. The van der Waals surface area contributed by atoms with Gasteiger partial charge in [0.25, 0.3) is 5.91 Å². The van der Waals surface area contributed by atoms with E-state index in [1.54, 1.807) is 7.11 Å². The fourth-order valence-corrected chi connectivity index (χ4v) is 2.41. The highest BCUT2D eigenvalue weighted by atomic mass is 16.5. The van der Waals surface area contributed by atoms with Gasteiger partial charge in [0.1, 0.15) is 5.60 Å². The van der Waals surface area contributed by atoms with Crippen LogP contribution < -0.4 is 4.90 Å². The predicted octanol–water partition coefficient (Wildman–Crippen LogP) is 2.78. The van der Waals surface area contributed by atoms with Crippen molar-refractivity contribution in [2.75, 3.05) is 18.6 Å². The summed E-state index contributed by atoms with van der Waals surface area (Å²) in [6.07, 6.45) is 2.75. The van der Waals surface area contributed by atoms with Gasteiger partial charge in [0.2, 0.25) is 0 Å². The average molecular weight is 247 g/mol. The standard InChI is InChI=1S/C15H21NO2/c1-4-15(2,18-3)14(17)16-11-7-9-12-8-5-6-10-13(12)16/h5-6,8,10H,4,7,9,11H2,1-3H3. The molecule has 0 aliphatic carbocycles. The zero-order chi connectivity index (χ0) is 13.2. The quantitative estimate of drug-likeness (QED) is 0.822. The van der Waals surface area contributed by atoms with Crippen LogP contribution in [0, 0.1) is 0 Å². The first-order chi connectivity index (χ1) is 8.62. The number of amides is 1. The summed E-state index contributed by atoms with van der Waals surface area (Å²) >= 11 is 0. The maximum atomic E-state index is 12.6. The molecular weight excluding hydrogens is 226 g/mol. The molecule has 2 rings (SSSR count). The highest BCUT2D eigenvalue weighted by molar-refractivity contribution is 6.00. The minimum absolute atomic E-state index is 0.0691. The van der Waals surface area contributed by atoms with Crippen LogP contribution in [-0.2, 0) is 16.0 Å². The highest BCUT2D eigenvalue weighted by Crippen LogP contribution is 2.30. The van der Waals surface area contributed by atoms with Crippen LogP contribution >= 0.6 is 0 Å². The Hall–Kier alpha value is -1.35. The molecule has 0 spiro atoms. The first-order valence-corrected chi connectivity index (χ1v) is 6.57. The maximum absolute atomic E-state index is 12.6. The van der Waals surface area contributed by atoms with Gasteiger partial charge in [0, 0.05) is 19.3 Å². The van der Waals surface area contributed by atoms with Crippen LogP contribution in [0.2, 0.25) is 0 Å². The van der Waals surface area contributed by atoms with E-state index in [4.69, 9.17) is 4.74 Å². The van der Waals surface area contributed by atoms with Gasteiger partial charge in [-0.25, -0.2) is 0 Å². The monoisotopic (exact) mass is 247 g/mol. The minimum Gasteiger partial charge on any atom is -0.369 e. The van der Waals surface area contributed by atoms with Crippen LogP contribution in [-0.4, -0.2) is 25.2 Å². The lowest BCUT2D eigenvalue weighted by Gasteiger charge is -2.36. The number of aryl methyl sites for hydroxylation is 1. The van der Waals surface area contributed by atoms with E-state index in [9.17, 15) is 4.79 Å². The third kappa shape index (κ3) is 2.15. The molecular formula is C15H21NO2. The van der Waals surface area contributed by atoms with Gasteiger partial charge >= 0.3 is 0 Å². The summed E-state index contributed by atoms with van der Waals surface area (Å²) in [6, 6.07) is 8.14. The molecule has 1 aromatic carbocycles. The molecule has 0 aromatic heterocycles. The molecule has 18 heavy (non-hydrogen) atoms. The lowest BCUT2D eigenvalue weighted by molar-refractivity contribution is -0.138. The Morgan fingerprint density at radius 1 is 1.44 bits per heavy atom. The fourth-order valence-electron chi connectivity index (χ4n) is 2.41. The molecule has 1 unspecified atom stereocenters. The molecule has 1 aliphatic heterocycles. The van der Waals surface area contributed by atoms with Gasteiger partial charge in [0.15, 0.2) is 0 Å². The normalized spacial score (nSPS) is 18.1. The Bertz CT molecular complexity index is 438. The van der Waals surface area contributed by atoms with Crippen LogP contribution in [0.15, 0.2) is 24.3 Å². The van der Waals surface area contributed by atoms with Gasteiger partial charge in [-0.2, -0.15) is 0 Å². The van der Waals surface area contributed by atoms with E-state index in [-0.39, 0.29) is 5.91 Å². The van der Waals surface area contributed by atoms with Gasteiger partial charge in [-0.15, -0.1) is 0 Å². The van der Waals surface area contributed by atoms with Crippen molar-refractivity contribution in [2.45, 2.75) is 38.7 Å². The predicted molar refractivity (Wildman–Crippen MR) is 72.8 cm³/mol. The fraction of sp³-hybridized carbons (Fsp3) is 0.533. The van der Waals surface area contributed by atoms with Crippen molar-refractivity contribution in [3.63, 3.8) is 0 Å². The summed E-state index contributed by atoms with van der Waals surface area (Å²) in [5.74, 6) is 0.0691. The molecule has 1 heterocycles. The number of ether oxygens (including phenoxy) is 1. The second-order valence-electron chi connectivity index (χ2n) is 4.98. The smallest absolute Gasteiger partial charge is 0.258 e. The summed E-state index contributed by atoms with van der Waals surface area (Å²) in [5.41, 5.74) is 1.59. The molecule has 0 saturated carbocycles. The molecule has 1 aliphatic rings. The van der Waals surface area contributed by atoms with E-state index in [1.807, 2.05) is 36.9 Å². The average Bonchev–Trinajstić information content (AvgIpc) is 2.45. The van der Waals surface area contributed by atoms with Crippen molar-refractivity contribution in [2.24, 2.45) is 0 Å². The van der Waals surface area contributed by atoms with Crippen molar-refractivity contribution >= 4 is 11.6 Å². The van der Waals surface area contributed by atoms with E-state index in [2.05, 4.69) is 6.07 Å². The topological polar surface area (TPSA) is 29.5 Å². The van der Waals surface area contributed by atoms with Crippen molar-refractivity contribution < 1.29 is 9.53 Å². The molecule has 0 fully saturated rings. The molecule has 98 valence electrons. The van der Waals surface area contributed by atoms with Gasteiger partial charge in [-0.3, -0.25) is 4.79 Å². The zero-order valence-corrected chi connectivity index (χ0v) is 11.4. The Labute approximate surface area is 109 Å². The Morgan fingerprint density at radius 2 is 2.17 bits per heavy atom. The van der Waals surface area contributed by atoms with Crippen molar-refractivity contribution in [3.8, 4) is 0 Å². The van der Waals surface area contributed by atoms with E-state index < -0.39 is 5.60 Å². The van der Waals surface area contributed by atoms with Gasteiger partial charge in [-0.1, -0.05) is 25.1 Å². The number of hydrogen-bond donors (Lipinski definition) is 0. The molecule has 0 radical (unpaired) electrons. The van der Waals surface area contributed by atoms with Crippen LogP contribution in [0.5, 0.6) is 0 Å². The number of benzene rings is 1. The number of nitrogens with zero attached hydrogens (tertiary/aromatic N) is 1. The van der Waals surface area contributed by atoms with E-state index in [0.717, 1.165) is 25.1 Å². The molecule has 1 aromatic rings. The number of hydrogen-bond acceptors (Lipinski definition) is 2. The Balaban J connectivity index is 2.33. The minimum atomic E-state index is -0.718. The summed E-state index contributed by atoms with van der Waals surface area (Å²) in [7, 11) is 1.61. The first kappa shape index (κ1) is 13.1. The molecule has 1 atom stereocenters. The second kappa shape index (κ2) is 5.11. The van der Waals surface area contributed by atoms with Crippen LogP contribution in [0.3, 0.4) is 0 Å². The summed E-state index contributed by atoms with van der Waals surface area (Å²) in [4.78, 5) is 14.5. The number of anilines is 1. The summed E-state index contributed by atoms with van der Waals surface area (Å²) in [5, 5.41) is 0. The van der Waals surface area contributed by atoms with Crippen LogP contribution in [0.1, 0.15) is 32.3 Å². The zero-order valence-electron chi connectivity index (χ0n) is 11.4. The van der Waals surface area contributed by atoms with Gasteiger partial charge < -0.3 is 9.64 Å². The van der Waals surface area contributed by atoms with Gasteiger partial charge in [0.05, 0.1) is 0 Å². The number of rotatable bonds is 3. The van der Waals surface area contributed by atoms with Crippen LogP contribution in [0.25, 0.3) is 0 Å². The molecule has 1 amide bonds. The van der Waals surface area contributed by atoms with E-state index >= 15 is 0 Å². The third-order valence-electron chi connectivity index (χ3n) is 3.93. The summed E-state index contributed by atoms with van der Waals surface area (Å²) in [6.45, 7) is 4.64. The molecule has 3 heteroatoms. The summed E-state index contributed by atoms with van der Waals surface area (Å²) < 4.78 is 5.43. The number of methoxy groups -OCH3 is 1. The molecule has 0 N–H and O–H groups in total. The first-order valence-electron chi connectivity index (χ1n) is 6.57. The van der Waals surface area contributed by atoms with E-state index in [1.165, 1.54) is 5.56 Å². The van der Waals surface area contributed by atoms with Crippen LogP contribution in [0.4, 0.5) is 5.69 Å². The maximum Gasteiger partial charge on any atom is 0.258 e. The third-order valence-corrected chi connectivity index (χ3v) is 3.93. The number of para-hydroxylation sites is 1. The second-order valence-corrected chi connectivity index (χ2v) is 4.98. The number of fused-ring (bicyclic) bond motifs is 1.